The average Bonchev–Trinajstić information content (AvgIpc) is 3.29. The highest BCUT2D eigenvalue weighted by molar-refractivity contribution is 6.08. The molecule has 0 spiro atoms. The number of fused-ring (bicyclic) bond motifs is 3. The smallest absolute Gasteiger partial charge is 0.266 e. The fourth-order valence-corrected chi connectivity index (χ4v) is 4.78. The third kappa shape index (κ3) is 4.42. The lowest BCUT2D eigenvalue weighted by Crippen LogP contribution is -2.24. The number of rotatable bonds is 9. The van der Waals surface area contributed by atoms with Crippen LogP contribution >= 0.6 is 0 Å². The lowest BCUT2D eigenvalue weighted by atomic mass is 10.0. The van der Waals surface area contributed by atoms with Crippen LogP contribution in [0.25, 0.3) is 27.2 Å². The van der Waals surface area contributed by atoms with Gasteiger partial charge in [-0.15, -0.1) is 0 Å². The summed E-state index contributed by atoms with van der Waals surface area (Å²) in [7, 11) is 1.36. The monoisotopic (exact) mass is 512 g/mol. The fourth-order valence-electron chi connectivity index (χ4n) is 4.78. The average molecular weight is 513 g/mol. The van der Waals surface area contributed by atoms with Crippen LogP contribution in [0, 0.1) is 13.8 Å². The Bertz CT molecular complexity index is 1840. The van der Waals surface area contributed by atoms with Crippen LogP contribution in [0.2, 0.25) is 0 Å². The van der Waals surface area contributed by atoms with E-state index in [2.05, 4.69) is 0 Å². The van der Waals surface area contributed by atoms with Crippen molar-refractivity contribution in [1.29, 1.82) is 0 Å². The SMILES string of the molecule is Cc1ccc(OCCCCCOc2ccc(-n3c(=O)c4c(C)cc5c(=O)n(C)c(=O)c5c4c3=O)cc2)cc1. The number of hydrogen-bond acceptors (Lipinski definition) is 6. The summed E-state index contributed by atoms with van der Waals surface area (Å²) in [6.45, 7) is 4.89. The van der Waals surface area contributed by atoms with Gasteiger partial charge in [0.2, 0.25) is 0 Å². The molecule has 0 N–H and O–H groups in total. The van der Waals surface area contributed by atoms with E-state index in [4.69, 9.17) is 9.47 Å². The highest BCUT2D eigenvalue weighted by Crippen LogP contribution is 2.22. The Kier molecular flexibility index (Phi) is 6.72. The Morgan fingerprint density at radius 1 is 0.632 bits per heavy atom. The van der Waals surface area contributed by atoms with E-state index in [0.29, 0.717) is 30.2 Å². The summed E-state index contributed by atoms with van der Waals surface area (Å²) in [6, 6.07) is 16.2. The number of nitrogens with zero attached hydrogens (tertiary/aromatic N) is 2. The first kappa shape index (κ1) is 25.2. The van der Waals surface area contributed by atoms with Gasteiger partial charge >= 0.3 is 0 Å². The van der Waals surface area contributed by atoms with Crippen LogP contribution < -0.4 is 31.7 Å². The molecule has 0 fully saturated rings. The molecular weight excluding hydrogens is 484 g/mol. The van der Waals surface area contributed by atoms with Crippen LogP contribution in [0.3, 0.4) is 0 Å². The molecule has 5 aromatic rings. The molecule has 0 aliphatic rings. The third-order valence-electron chi connectivity index (χ3n) is 6.85. The van der Waals surface area contributed by atoms with E-state index in [-0.39, 0.29) is 21.5 Å². The summed E-state index contributed by atoms with van der Waals surface area (Å²) in [5.41, 5.74) is -0.115. The molecule has 38 heavy (non-hydrogen) atoms. The maximum atomic E-state index is 13.3. The Balaban J connectivity index is 1.26. The molecule has 0 amide bonds. The molecule has 0 bridgehead atoms. The van der Waals surface area contributed by atoms with E-state index < -0.39 is 22.2 Å². The summed E-state index contributed by atoms with van der Waals surface area (Å²) in [5, 5.41) is 0.321. The van der Waals surface area contributed by atoms with Crippen molar-refractivity contribution in [2.24, 2.45) is 7.05 Å². The number of benzene rings is 3. The molecule has 8 nitrogen and oxygen atoms in total. The minimum absolute atomic E-state index is 0.000570. The second-order valence-corrected chi connectivity index (χ2v) is 9.55. The number of aromatic nitrogens is 2. The molecule has 2 aromatic heterocycles. The quantitative estimate of drug-likeness (QED) is 0.280. The highest BCUT2D eigenvalue weighted by atomic mass is 16.5. The van der Waals surface area contributed by atoms with Gasteiger partial charge in [0.15, 0.2) is 0 Å². The minimum Gasteiger partial charge on any atom is -0.494 e. The Morgan fingerprint density at radius 3 is 1.79 bits per heavy atom. The zero-order chi connectivity index (χ0) is 27.0. The van der Waals surface area contributed by atoms with E-state index in [1.54, 1.807) is 31.2 Å². The molecule has 3 aromatic carbocycles. The molecule has 0 aliphatic carbocycles. The Hall–Kier alpha value is -4.46. The van der Waals surface area contributed by atoms with Crippen LogP contribution in [0.4, 0.5) is 0 Å². The van der Waals surface area contributed by atoms with Crippen molar-refractivity contribution in [3.63, 3.8) is 0 Å². The van der Waals surface area contributed by atoms with Gasteiger partial charge in [0.05, 0.1) is 40.4 Å². The second kappa shape index (κ2) is 10.1. The normalized spacial score (nSPS) is 11.4. The number of unbranched alkanes of at least 4 members (excludes halogenated alkanes) is 2. The van der Waals surface area contributed by atoms with E-state index in [0.717, 1.165) is 34.1 Å². The summed E-state index contributed by atoms with van der Waals surface area (Å²) in [6.07, 6.45) is 2.74. The van der Waals surface area contributed by atoms with E-state index in [1.807, 2.05) is 31.2 Å². The Labute approximate surface area is 218 Å². The molecule has 5 rings (SSSR count). The summed E-state index contributed by atoms with van der Waals surface area (Å²) >= 11 is 0. The lowest BCUT2D eigenvalue weighted by molar-refractivity contribution is 0.279. The molecule has 0 unspecified atom stereocenters. The van der Waals surface area contributed by atoms with Crippen LogP contribution in [-0.2, 0) is 7.05 Å². The molecule has 0 atom stereocenters. The predicted octanol–water partition coefficient (Wildman–Crippen LogP) is 3.68. The maximum Gasteiger partial charge on any atom is 0.266 e. The maximum absolute atomic E-state index is 13.3. The van der Waals surface area contributed by atoms with Crippen LogP contribution in [0.1, 0.15) is 30.4 Å². The van der Waals surface area contributed by atoms with Gasteiger partial charge in [-0.2, -0.15) is 0 Å². The Morgan fingerprint density at radius 2 is 1.18 bits per heavy atom. The van der Waals surface area contributed by atoms with Gasteiger partial charge in [-0.05, 0) is 81.1 Å². The molecule has 0 saturated heterocycles. The molecular formula is C30H28N2O6. The van der Waals surface area contributed by atoms with E-state index in [9.17, 15) is 19.2 Å². The molecule has 194 valence electrons. The first-order valence-electron chi connectivity index (χ1n) is 12.6. The van der Waals surface area contributed by atoms with Gasteiger partial charge in [-0.1, -0.05) is 17.7 Å². The van der Waals surface area contributed by atoms with Gasteiger partial charge in [0.25, 0.3) is 22.2 Å². The zero-order valence-corrected chi connectivity index (χ0v) is 21.6. The number of hydrogen-bond donors (Lipinski definition) is 0. The highest BCUT2D eigenvalue weighted by Gasteiger charge is 2.23. The van der Waals surface area contributed by atoms with Gasteiger partial charge in [0.1, 0.15) is 11.5 Å². The predicted molar refractivity (Wildman–Crippen MR) is 148 cm³/mol. The van der Waals surface area contributed by atoms with Gasteiger partial charge in [-0.25, -0.2) is 4.57 Å². The molecule has 0 saturated carbocycles. The van der Waals surface area contributed by atoms with Gasteiger partial charge in [-0.3, -0.25) is 23.7 Å². The number of aryl methyl sites for hydroxylation is 2. The van der Waals surface area contributed by atoms with Crippen molar-refractivity contribution in [3.8, 4) is 17.2 Å². The third-order valence-corrected chi connectivity index (χ3v) is 6.85. The first-order chi connectivity index (χ1) is 18.3. The summed E-state index contributed by atoms with van der Waals surface area (Å²) in [5.74, 6) is 1.50. The summed E-state index contributed by atoms with van der Waals surface area (Å²) < 4.78 is 13.6. The fraction of sp³-hybridized carbons (Fsp3) is 0.267. The van der Waals surface area contributed by atoms with Crippen LogP contribution in [0.15, 0.2) is 73.8 Å². The van der Waals surface area contributed by atoms with Crippen molar-refractivity contribution in [2.75, 3.05) is 13.2 Å². The van der Waals surface area contributed by atoms with Gasteiger partial charge in [0, 0.05) is 7.05 Å². The molecule has 2 heterocycles. The molecule has 8 heteroatoms. The standard InChI is InChI=1S/C30H28N2O6/c1-18-7-11-21(12-8-18)37-15-5-4-6-16-38-22-13-9-20(10-14-22)32-29(35)24-19(2)17-23-25(26(24)30(32)36)28(34)31(3)27(23)33/h7-14,17H,4-6,15-16H2,1-3H3. The van der Waals surface area contributed by atoms with E-state index in [1.165, 1.54) is 18.7 Å². The van der Waals surface area contributed by atoms with Crippen molar-refractivity contribution >= 4 is 21.5 Å². The largest absolute Gasteiger partial charge is 0.494 e. The van der Waals surface area contributed by atoms with Crippen molar-refractivity contribution in [2.45, 2.75) is 33.1 Å². The summed E-state index contributed by atoms with van der Waals surface area (Å²) in [4.78, 5) is 51.7. The second-order valence-electron chi connectivity index (χ2n) is 9.55. The molecule has 0 aliphatic heterocycles. The number of ether oxygens (including phenoxy) is 2. The van der Waals surface area contributed by atoms with Crippen molar-refractivity contribution in [3.05, 3.63) is 107 Å². The lowest BCUT2D eigenvalue weighted by Gasteiger charge is -2.08. The van der Waals surface area contributed by atoms with Crippen molar-refractivity contribution < 1.29 is 9.47 Å². The minimum atomic E-state index is -0.608. The zero-order valence-electron chi connectivity index (χ0n) is 21.6. The first-order valence-corrected chi connectivity index (χ1v) is 12.6. The van der Waals surface area contributed by atoms with Gasteiger partial charge < -0.3 is 9.47 Å². The molecule has 0 radical (unpaired) electrons. The van der Waals surface area contributed by atoms with E-state index >= 15 is 0 Å². The topological polar surface area (TPSA) is 96.6 Å². The van der Waals surface area contributed by atoms with Crippen molar-refractivity contribution in [1.82, 2.24) is 9.13 Å². The van der Waals surface area contributed by atoms with Crippen LogP contribution in [-0.4, -0.2) is 22.3 Å². The van der Waals surface area contributed by atoms with Crippen LogP contribution in [0.5, 0.6) is 11.5 Å².